The van der Waals surface area contributed by atoms with Gasteiger partial charge in [-0.3, -0.25) is 4.79 Å². The van der Waals surface area contributed by atoms with Crippen LogP contribution in [-0.2, 0) is 0 Å². The van der Waals surface area contributed by atoms with E-state index < -0.39 is 0 Å². The minimum atomic E-state index is 0.0325. The Morgan fingerprint density at radius 3 is 2.50 bits per heavy atom. The highest BCUT2D eigenvalue weighted by atomic mass is 16.1. The van der Waals surface area contributed by atoms with Crippen LogP contribution in [0.5, 0.6) is 0 Å². The molecular formula is C19H26N2O. The fourth-order valence-corrected chi connectivity index (χ4v) is 2.63. The molecule has 2 rings (SSSR count). The van der Waals surface area contributed by atoms with Crippen LogP contribution in [0.25, 0.3) is 10.8 Å². The van der Waals surface area contributed by atoms with Crippen LogP contribution >= 0.6 is 0 Å². The number of benzene rings is 2. The second-order valence-electron chi connectivity index (χ2n) is 6.00. The number of amides is 1. The summed E-state index contributed by atoms with van der Waals surface area (Å²) < 4.78 is 0. The minimum Gasteiger partial charge on any atom is -0.352 e. The largest absolute Gasteiger partial charge is 0.352 e. The van der Waals surface area contributed by atoms with Gasteiger partial charge in [0.2, 0.25) is 0 Å². The van der Waals surface area contributed by atoms with E-state index in [2.05, 4.69) is 24.3 Å². The summed E-state index contributed by atoms with van der Waals surface area (Å²) in [5, 5.41) is 5.17. The van der Waals surface area contributed by atoms with Crippen molar-refractivity contribution in [3.63, 3.8) is 0 Å². The molecule has 2 aromatic rings. The summed E-state index contributed by atoms with van der Waals surface area (Å²) in [6, 6.07) is 13.9. The molecule has 0 saturated carbocycles. The molecule has 0 aliphatic heterocycles. The average Bonchev–Trinajstić information content (AvgIpc) is 2.53. The summed E-state index contributed by atoms with van der Waals surface area (Å²) in [5.41, 5.74) is 0.769. The van der Waals surface area contributed by atoms with E-state index in [1.807, 2.05) is 42.5 Å². The predicted octanol–water partition coefficient (Wildman–Crippen LogP) is 3.69. The third-order valence-corrected chi connectivity index (χ3v) is 3.85. The van der Waals surface area contributed by atoms with Gasteiger partial charge in [-0.25, -0.2) is 0 Å². The molecule has 0 fully saturated rings. The van der Waals surface area contributed by atoms with Gasteiger partial charge in [-0.05, 0) is 50.3 Å². The zero-order valence-electron chi connectivity index (χ0n) is 13.6. The van der Waals surface area contributed by atoms with Crippen LogP contribution in [0, 0.1) is 0 Å². The maximum absolute atomic E-state index is 12.3. The lowest BCUT2D eigenvalue weighted by Crippen LogP contribution is -2.24. The Labute approximate surface area is 133 Å². The molecule has 1 amide bonds. The summed E-state index contributed by atoms with van der Waals surface area (Å²) in [4.78, 5) is 14.5. The van der Waals surface area contributed by atoms with E-state index in [0.717, 1.165) is 35.8 Å². The molecule has 0 aliphatic rings. The van der Waals surface area contributed by atoms with Crippen LogP contribution in [-0.4, -0.2) is 38.0 Å². The second-order valence-corrected chi connectivity index (χ2v) is 6.00. The molecule has 0 bridgehead atoms. The van der Waals surface area contributed by atoms with Gasteiger partial charge >= 0.3 is 0 Å². The van der Waals surface area contributed by atoms with Crippen LogP contribution in [0.15, 0.2) is 42.5 Å². The fourth-order valence-electron chi connectivity index (χ4n) is 2.63. The highest BCUT2D eigenvalue weighted by molar-refractivity contribution is 6.06. The lowest BCUT2D eigenvalue weighted by atomic mass is 10.0. The molecule has 0 saturated heterocycles. The predicted molar refractivity (Wildman–Crippen MR) is 93.3 cm³/mol. The van der Waals surface area contributed by atoms with E-state index in [1.165, 1.54) is 19.3 Å². The quantitative estimate of drug-likeness (QED) is 0.754. The van der Waals surface area contributed by atoms with E-state index in [0.29, 0.717) is 0 Å². The van der Waals surface area contributed by atoms with Crippen molar-refractivity contribution in [3.05, 3.63) is 48.0 Å². The van der Waals surface area contributed by atoms with Crippen LogP contribution in [0.1, 0.15) is 36.0 Å². The number of hydrogen-bond donors (Lipinski definition) is 1. The van der Waals surface area contributed by atoms with Gasteiger partial charge in [0.05, 0.1) is 0 Å². The first-order valence-corrected chi connectivity index (χ1v) is 8.09. The maximum Gasteiger partial charge on any atom is 0.251 e. The van der Waals surface area contributed by atoms with E-state index in [4.69, 9.17) is 0 Å². The van der Waals surface area contributed by atoms with Crippen molar-refractivity contribution in [2.75, 3.05) is 27.2 Å². The fraction of sp³-hybridized carbons (Fsp3) is 0.421. The monoisotopic (exact) mass is 298 g/mol. The SMILES string of the molecule is CN(C)CCCCCCNC(=O)c1cccc2ccccc12. The summed E-state index contributed by atoms with van der Waals surface area (Å²) in [6.45, 7) is 1.90. The molecule has 0 atom stereocenters. The number of hydrogen-bond acceptors (Lipinski definition) is 2. The Morgan fingerprint density at radius 2 is 1.68 bits per heavy atom. The first kappa shape index (κ1) is 16.5. The van der Waals surface area contributed by atoms with Crippen molar-refractivity contribution in [3.8, 4) is 0 Å². The molecule has 0 unspecified atom stereocenters. The number of fused-ring (bicyclic) bond motifs is 1. The smallest absolute Gasteiger partial charge is 0.251 e. The van der Waals surface area contributed by atoms with E-state index in [9.17, 15) is 4.79 Å². The van der Waals surface area contributed by atoms with Crippen molar-refractivity contribution < 1.29 is 4.79 Å². The first-order chi connectivity index (χ1) is 10.7. The van der Waals surface area contributed by atoms with E-state index in [-0.39, 0.29) is 5.91 Å². The number of nitrogens with zero attached hydrogens (tertiary/aromatic N) is 1. The van der Waals surface area contributed by atoms with Gasteiger partial charge < -0.3 is 10.2 Å². The Balaban J connectivity index is 1.77. The lowest BCUT2D eigenvalue weighted by molar-refractivity contribution is 0.0954. The Hall–Kier alpha value is -1.87. The lowest BCUT2D eigenvalue weighted by Gasteiger charge is -2.09. The molecule has 0 aliphatic carbocycles. The average molecular weight is 298 g/mol. The molecule has 0 aromatic heterocycles. The highest BCUT2D eigenvalue weighted by Crippen LogP contribution is 2.18. The molecule has 118 valence electrons. The van der Waals surface area contributed by atoms with Crippen molar-refractivity contribution in [2.45, 2.75) is 25.7 Å². The Bertz CT molecular complexity index is 602. The molecule has 0 radical (unpaired) electrons. The molecule has 22 heavy (non-hydrogen) atoms. The highest BCUT2D eigenvalue weighted by Gasteiger charge is 2.08. The molecule has 0 spiro atoms. The molecular weight excluding hydrogens is 272 g/mol. The van der Waals surface area contributed by atoms with Gasteiger partial charge in [0.15, 0.2) is 0 Å². The zero-order valence-corrected chi connectivity index (χ0v) is 13.6. The van der Waals surface area contributed by atoms with Gasteiger partial charge in [0, 0.05) is 12.1 Å². The van der Waals surface area contributed by atoms with Crippen molar-refractivity contribution in [1.29, 1.82) is 0 Å². The van der Waals surface area contributed by atoms with Crippen LogP contribution < -0.4 is 5.32 Å². The Morgan fingerprint density at radius 1 is 0.955 bits per heavy atom. The van der Waals surface area contributed by atoms with Crippen molar-refractivity contribution >= 4 is 16.7 Å². The van der Waals surface area contributed by atoms with Gasteiger partial charge in [-0.2, -0.15) is 0 Å². The summed E-state index contributed by atoms with van der Waals surface area (Å²) in [6.07, 6.45) is 4.67. The van der Waals surface area contributed by atoms with Crippen LogP contribution in [0.4, 0.5) is 0 Å². The van der Waals surface area contributed by atoms with E-state index >= 15 is 0 Å². The molecule has 3 heteroatoms. The zero-order chi connectivity index (χ0) is 15.8. The normalized spacial score (nSPS) is 11.0. The molecule has 2 aromatic carbocycles. The molecule has 1 N–H and O–H groups in total. The van der Waals surface area contributed by atoms with E-state index in [1.54, 1.807) is 0 Å². The van der Waals surface area contributed by atoms with Crippen LogP contribution in [0.3, 0.4) is 0 Å². The number of carbonyl (C=O) groups is 1. The van der Waals surface area contributed by atoms with Gasteiger partial charge in [-0.15, -0.1) is 0 Å². The number of nitrogens with one attached hydrogen (secondary N) is 1. The summed E-state index contributed by atoms with van der Waals surface area (Å²) in [5.74, 6) is 0.0325. The minimum absolute atomic E-state index is 0.0325. The molecule has 0 heterocycles. The van der Waals surface area contributed by atoms with Gasteiger partial charge in [-0.1, -0.05) is 49.2 Å². The maximum atomic E-state index is 12.3. The van der Waals surface area contributed by atoms with Gasteiger partial charge in [0.25, 0.3) is 5.91 Å². The van der Waals surface area contributed by atoms with Gasteiger partial charge in [0.1, 0.15) is 0 Å². The summed E-state index contributed by atoms with van der Waals surface area (Å²) in [7, 11) is 4.20. The van der Waals surface area contributed by atoms with Crippen molar-refractivity contribution in [2.24, 2.45) is 0 Å². The number of carbonyl (C=O) groups excluding carboxylic acids is 1. The third kappa shape index (κ3) is 4.85. The number of rotatable bonds is 8. The van der Waals surface area contributed by atoms with Crippen LogP contribution in [0.2, 0.25) is 0 Å². The topological polar surface area (TPSA) is 32.3 Å². The molecule has 3 nitrogen and oxygen atoms in total. The standard InChI is InChI=1S/C19H26N2O/c1-21(2)15-8-4-3-7-14-20-19(22)18-13-9-11-16-10-5-6-12-17(16)18/h5-6,9-13H,3-4,7-8,14-15H2,1-2H3,(H,20,22). The first-order valence-electron chi connectivity index (χ1n) is 8.09. The second kappa shape index (κ2) is 8.54. The third-order valence-electron chi connectivity index (χ3n) is 3.85. The number of unbranched alkanes of at least 4 members (excludes halogenated alkanes) is 3. The summed E-state index contributed by atoms with van der Waals surface area (Å²) >= 11 is 0. The van der Waals surface area contributed by atoms with Crippen molar-refractivity contribution in [1.82, 2.24) is 10.2 Å². The Kier molecular flexibility index (Phi) is 6.41.